The summed E-state index contributed by atoms with van der Waals surface area (Å²) in [6, 6.07) is 15.5. The second-order valence-corrected chi connectivity index (χ2v) is 11.8. The molecule has 4 aromatic rings. The van der Waals surface area contributed by atoms with Gasteiger partial charge in [0.05, 0.1) is 28.7 Å². The summed E-state index contributed by atoms with van der Waals surface area (Å²) in [5, 5.41) is 0.214. The lowest BCUT2D eigenvalue weighted by Crippen LogP contribution is -2.31. The van der Waals surface area contributed by atoms with Crippen molar-refractivity contribution in [1.82, 2.24) is 18.8 Å². The molecular weight excluding hydrogens is 567 g/mol. The Bertz CT molecular complexity index is 1490. The highest BCUT2D eigenvalue weighted by Crippen LogP contribution is 2.41. The molecule has 0 bridgehead atoms. The molecule has 1 saturated heterocycles. The molecule has 186 valence electrons. The Hall–Kier alpha value is -2.59. The summed E-state index contributed by atoms with van der Waals surface area (Å²) in [6.45, 7) is 1.08. The van der Waals surface area contributed by atoms with Crippen LogP contribution in [0.1, 0.15) is 30.0 Å². The Morgan fingerprint density at radius 2 is 1.89 bits per heavy atom. The van der Waals surface area contributed by atoms with Gasteiger partial charge in [0.15, 0.2) is 0 Å². The Morgan fingerprint density at radius 1 is 1.11 bits per heavy atom. The van der Waals surface area contributed by atoms with Crippen LogP contribution in [-0.4, -0.2) is 33.8 Å². The van der Waals surface area contributed by atoms with Crippen LogP contribution in [0.15, 0.2) is 82.7 Å². The number of nitrogens with zero attached hydrogens (tertiary/aromatic N) is 4. The van der Waals surface area contributed by atoms with Gasteiger partial charge < -0.3 is 4.57 Å². The summed E-state index contributed by atoms with van der Waals surface area (Å²) in [5.74, 6) is -0.256. The summed E-state index contributed by atoms with van der Waals surface area (Å²) in [7, 11) is -3.79. The lowest BCUT2D eigenvalue weighted by molar-refractivity contribution is 0.397. The summed E-state index contributed by atoms with van der Waals surface area (Å²) in [4.78, 5) is 8.49. The fourth-order valence-corrected chi connectivity index (χ4v) is 6.91. The molecule has 0 amide bonds. The van der Waals surface area contributed by atoms with Crippen LogP contribution in [-0.2, 0) is 23.0 Å². The minimum absolute atomic E-state index is 0.104. The van der Waals surface area contributed by atoms with Crippen LogP contribution in [0.2, 0.25) is 5.15 Å². The Balaban J connectivity index is 1.46. The minimum atomic E-state index is -3.79. The molecule has 1 aliphatic heterocycles. The first-order chi connectivity index (χ1) is 17.3. The van der Waals surface area contributed by atoms with Gasteiger partial charge in [-0.3, -0.25) is 0 Å². The molecule has 0 saturated carbocycles. The predicted molar refractivity (Wildman–Crippen MR) is 141 cm³/mol. The third-order valence-electron chi connectivity index (χ3n) is 6.44. The second-order valence-electron chi connectivity index (χ2n) is 8.65. The van der Waals surface area contributed by atoms with Gasteiger partial charge >= 0.3 is 0 Å². The van der Waals surface area contributed by atoms with E-state index >= 15 is 0 Å². The van der Waals surface area contributed by atoms with E-state index in [9.17, 15) is 12.8 Å². The van der Waals surface area contributed by atoms with Crippen molar-refractivity contribution in [2.45, 2.75) is 36.7 Å². The van der Waals surface area contributed by atoms with E-state index in [0.717, 1.165) is 28.8 Å². The third kappa shape index (κ3) is 4.98. The molecule has 1 atom stereocenters. The van der Waals surface area contributed by atoms with E-state index in [1.165, 1.54) is 24.4 Å². The fourth-order valence-electron chi connectivity index (χ4n) is 4.66. The van der Waals surface area contributed by atoms with Crippen molar-refractivity contribution in [3.8, 4) is 11.3 Å². The molecule has 2 aromatic carbocycles. The number of hydrogen-bond donors (Lipinski definition) is 0. The van der Waals surface area contributed by atoms with Crippen LogP contribution in [0, 0.1) is 5.82 Å². The second kappa shape index (κ2) is 10.4. The first-order valence-corrected chi connectivity index (χ1v) is 14.1. The van der Waals surface area contributed by atoms with Crippen molar-refractivity contribution in [3.05, 3.63) is 99.9 Å². The van der Waals surface area contributed by atoms with Crippen LogP contribution in [0.4, 0.5) is 4.39 Å². The Kier molecular flexibility index (Phi) is 7.25. The van der Waals surface area contributed by atoms with Gasteiger partial charge in [-0.1, -0.05) is 48.0 Å². The van der Waals surface area contributed by atoms with Crippen molar-refractivity contribution < 1.29 is 12.8 Å². The molecule has 0 N–H and O–H groups in total. The molecule has 36 heavy (non-hydrogen) atoms. The molecule has 3 heterocycles. The van der Waals surface area contributed by atoms with E-state index in [1.54, 1.807) is 29.0 Å². The molecule has 1 aliphatic rings. The molecule has 1 fully saturated rings. The van der Waals surface area contributed by atoms with Crippen LogP contribution in [0.25, 0.3) is 11.3 Å². The fraction of sp³-hybridized carbons (Fsp3) is 0.231. The average molecular weight is 590 g/mol. The van der Waals surface area contributed by atoms with Gasteiger partial charge in [0.2, 0.25) is 10.0 Å². The number of aryl methyl sites for hydroxylation is 2. The van der Waals surface area contributed by atoms with Gasteiger partial charge in [-0.25, -0.2) is 22.8 Å². The maximum absolute atomic E-state index is 13.6. The quantitative estimate of drug-likeness (QED) is 0.238. The average Bonchev–Trinajstić information content (AvgIpc) is 3.55. The largest absolute Gasteiger partial charge is 0.330 e. The number of pyridine rings is 1. The first-order valence-electron chi connectivity index (χ1n) is 11.5. The molecule has 1 unspecified atom stereocenters. The van der Waals surface area contributed by atoms with E-state index in [0.29, 0.717) is 30.4 Å². The van der Waals surface area contributed by atoms with Crippen molar-refractivity contribution in [2.24, 2.45) is 0 Å². The van der Waals surface area contributed by atoms with Gasteiger partial charge in [0.25, 0.3) is 0 Å². The maximum atomic E-state index is 13.6. The zero-order valence-corrected chi connectivity index (χ0v) is 22.3. The van der Waals surface area contributed by atoms with Crippen LogP contribution < -0.4 is 0 Å². The highest BCUT2D eigenvalue weighted by atomic mass is 79.9. The number of benzene rings is 2. The highest BCUT2D eigenvalue weighted by Gasteiger charge is 2.37. The highest BCUT2D eigenvalue weighted by molar-refractivity contribution is 9.10. The molecule has 0 radical (unpaired) electrons. The molecule has 5 rings (SSSR count). The summed E-state index contributed by atoms with van der Waals surface area (Å²) in [6.07, 6.45) is 7.06. The van der Waals surface area contributed by atoms with E-state index in [-0.39, 0.29) is 21.9 Å². The summed E-state index contributed by atoms with van der Waals surface area (Å²) >= 11 is 9.27. The smallest absolute Gasteiger partial charge is 0.245 e. The van der Waals surface area contributed by atoms with E-state index in [4.69, 9.17) is 11.6 Å². The van der Waals surface area contributed by atoms with Crippen molar-refractivity contribution in [1.29, 1.82) is 0 Å². The van der Waals surface area contributed by atoms with E-state index in [2.05, 4.69) is 30.5 Å². The van der Waals surface area contributed by atoms with Crippen molar-refractivity contribution in [2.75, 3.05) is 6.54 Å². The first kappa shape index (κ1) is 25.1. The number of halogens is 3. The number of sulfonamides is 1. The molecule has 0 aliphatic carbocycles. The van der Waals surface area contributed by atoms with Gasteiger partial charge in [-0.2, -0.15) is 4.31 Å². The normalized spacial score (nSPS) is 16.5. The van der Waals surface area contributed by atoms with Crippen LogP contribution in [0.3, 0.4) is 0 Å². The van der Waals surface area contributed by atoms with Gasteiger partial charge in [-0.05, 0) is 64.5 Å². The van der Waals surface area contributed by atoms with Crippen LogP contribution >= 0.6 is 27.5 Å². The molecule has 10 heteroatoms. The van der Waals surface area contributed by atoms with Gasteiger partial charge in [-0.15, -0.1) is 0 Å². The summed E-state index contributed by atoms with van der Waals surface area (Å²) < 4.78 is 44.5. The molecular formula is C26H23BrClFN4O2S. The minimum Gasteiger partial charge on any atom is -0.330 e. The van der Waals surface area contributed by atoms with E-state index < -0.39 is 10.0 Å². The van der Waals surface area contributed by atoms with Crippen LogP contribution in [0.5, 0.6) is 0 Å². The number of imidazole rings is 1. The third-order valence-corrected chi connectivity index (χ3v) is 9.45. The summed E-state index contributed by atoms with van der Waals surface area (Å²) in [5.41, 5.74) is 3.81. The number of hydrogen-bond acceptors (Lipinski definition) is 4. The van der Waals surface area contributed by atoms with Gasteiger partial charge in [0, 0.05) is 24.8 Å². The van der Waals surface area contributed by atoms with Crippen molar-refractivity contribution in [3.63, 3.8) is 0 Å². The van der Waals surface area contributed by atoms with E-state index in [1.807, 2.05) is 24.3 Å². The predicted octanol–water partition coefficient (Wildman–Crippen LogP) is 6.27. The lowest BCUT2D eigenvalue weighted by Gasteiger charge is -2.26. The molecule has 2 aromatic heterocycles. The number of rotatable bonds is 7. The lowest BCUT2D eigenvalue weighted by atomic mass is 9.97. The van der Waals surface area contributed by atoms with Gasteiger partial charge in [0.1, 0.15) is 15.9 Å². The zero-order valence-electron chi connectivity index (χ0n) is 19.2. The topological polar surface area (TPSA) is 68.1 Å². The standard InChI is InChI=1S/C26H23BrClFN4O2S/c27-23-14-20(15-31-26(23)28)36(34,35)33-12-3-6-24(33)21-4-1-2-5-22(21)25-16-30-17-32(25)13-11-18-7-9-19(29)10-8-18/h1-2,4-5,7-10,14-17,24H,3,6,11-13H2. The Labute approximate surface area is 223 Å². The monoisotopic (exact) mass is 588 g/mol. The molecule has 0 spiro atoms. The number of aromatic nitrogens is 3. The maximum Gasteiger partial charge on any atom is 0.245 e. The van der Waals surface area contributed by atoms with Crippen molar-refractivity contribution >= 4 is 37.6 Å². The molecule has 6 nitrogen and oxygen atoms in total. The zero-order chi connectivity index (χ0) is 25.3. The Morgan fingerprint density at radius 3 is 2.67 bits per heavy atom. The SMILES string of the molecule is O=S(=O)(c1cnc(Cl)c(Br)c1)N1CCCC1c1ccccc1-c1cncn1CCc1ccc(F)cc1.